The number of hydrogen-bond donors (Lipinski definition) is 2. The number of hydrogen-bond acceptors (Lipinski definition) is 4. The first kappa shape index (κ1) is 16.8. The van der Waals surface area contributed by atoms with Crippen molar-refractivity contribution in [3.63, 3.8) is 0 Å². The summed E-state index contributed by atoms with van der Waals surface area (Å²) in [5.74, 6) is -0.0836. The van der Waals surface area contributed by atoms with E-state index in [1.165, 1.54) is 0 Å². The van der Waals surface area contributed by atoms with Gasteiger partial charge < -0.3 is 15.8 Å². The molecule has 0 aromatic heterocycles. The largest absolute Gasteiger partial charge is 0.466 e. The summed E-state index contributed by atoms with van der Waals surface area (Å²) in [5.41, 5.74) is 7.38. The van der Waals surface area contributed by atoms with Crippen LogP contribution in [-0.2, 0) is 16.0 Å². The van der Waals surface area contributed by atoms with Gasteiger partial charge in [-0.1, -0.05) is 18.2 Å². The van der Waals surface area contributed by atoms with Gasteiger partial charge in [0, 0.05) is 5.69 Å². The molecule has 5 heteroatoms. The number of piperidine rings is 1. The van der Waals surface area contributed by atoms with Gasteiger partial charge in [0.2, 0.25) is 0 Å². The van der Waals surface area contributed by atoms with Gasteiger partial charge in [-0.15, -0.1) is 12.4 Å². The van der Waals surface area contributed by atoms with Crippen LogP contribution in [0.5, 0.6) is 0 Å². The predicted octanol–water partition coefficient (Wildman–Crippen LogP) is 2.17. The van der Waals surface area contributed by atoms with E-state index in [9.17, 15) is 4.79 Å². The van der Waals surface area contributed by atoms with Crippen LogP contribution in [0.3, 0.4) is 0 Å². The van der Waals surface area contributed by atoms with Crippen LogP contribution in [0.15, 0.2) is 24.3 Å². The fourth-order valence-corrected chi connectivity index (χ4v) is 2.70. The smallest absolute Gasteiger partial charge is 0.312 e. The highest BCUT2D eigenvalue weighted by atomic mass is 35.5. The quantitative estimate of drug-likeness (QED) is 0.660. The number of carbonyl (C=O) groups excluding carboxylic acids is 1. The van der Waals surface area contributed by atoms with Crippen molar-refractivity contribution in [2.75, 3.05) is 25.4 Å². The van der Waals surface area contributed by atoms with Gasteiger partial charge in [-0.25, -0.2) is 0 Å². The van der Waals surface area contributed by atoms with Gasteiger partial charge in [-0.2, -0.15) is 0 Å². The molecule has 3 N–H and O–H groups in total. The average Bonchev–Trinajstić information content (AvgIpc) is 2.43. The molecule has 1 saturated heterocycles. The van der Waals surface area contributed by atoms with E-state index in [0.717, 1.165) is 37.2 Å². The highest BCUT2D eigenvalue weighted by molar-refractivity contribution is 5.85. The summed E-state index contributed by atoms with van der Waals surface area (Å²) in [7, 11) is 0. The Morgan fingerprint density at radius 2 is 2.00 bits per heavy atom. The summed E-state index contributed by atoms with van der Waals surface area (Å²) in [5, 5.41) is 3.30. The van der Waals surface area contributed by atoms with Crippen molar-refractivity contribution < 1.29 is 9.53 Å². The molecule has 1 fully saturated rings. The van der Waals surface area contributed by atoms with Crippen molar-refractivity contribution in [3.05, 3.63) is 29.8 Å². The lowest BCUT2D eigenvalue weighted by atomic mass is 9.74. The number of para-hydroxylation sites is 1. The minimum Gasteiger partial charge on any atom is -0.466 e. The van der Waals surface area contributed by atoms with Gasteiger partial charge in [0.1, 0.15) is 0 Å². The first-order valence-corrected chi connectivity index (χ1v) is 6.89. The van der Waals surface area contributed by atoms with E-state index in [1.807, 2.05) is 31.2 Å². The Labute approximate surface area is 126 Å². The van der Waals surface area contributed by atoms with Crippen LogP contribution in [-0.4, -0.2) is 25.7 Å². The number of carbonyl (C=O) groups is 1. The summed E-state index contributed by atoms with van der Waals surface area (Å²) >= 11 is 0. The molecule has 1 aromatic carbocycles. The van der Waals surface area contributed by atoms with Gasteiger partial charge in [-0.3, -0.25) is 4.79 Å². The van der Waals surface area contributed by atoms with E-state index < -0.39 is 5.41 Å². The Morgan fingerprint density at radius 3 is 2.60 bits per heavy atom. The van der Waals surface area contributed by atoms with Crippen LogP contribution in [0.2, 0.25) is 0 Å². The SMILES string of the molecule is CCOC(=O)C1(Cc2ccccc2N)CCNCC1.Cl. The van der Waals surface area contributed by atoms with E-state index in [1.54, 1.807) is 0 Å². The second-order valence-corrected chi connectivity index (χ2v) is 5.13. The Kier molecular flexibility index (Phi) is 6.30. The molecule has 112 valence electrons. The number of nitrogens with one attached hydrogen (secondary N) is 1. The summed E-state index contributed by atoms with van der Waals surface area (Å²) in [4.78, 5) is 12.3. The number of halogens is 1. The molecule has 0 spiro atoms. The number of esters is 1. The molecule has 0 radical (unpaired) electrons. The predicted molar refractivity (Wildman–Crippen MR) is 83.0 cm³/mol. The van der Waals surface area contributed by atoms with E-state index in [0.29, 0.717) is 13.0 Å². The molecule has 1 aromatic rings. The third-order valence-electron chi connectivity index (χ3n) is 3.85. The standard InChI is InChI=1S/C15H22N2O2.ClH/c1-2-19-14(18)15(7-9-17-10-8-15)11-12-5-3-4-6-13(12)16;/h3-6,17H,2,7-11,16H2,1H3;1H. The molecule has 2 rings (SSSR count). The van der Waals surface area contributed by atoms with Crippen molar-refractivity contribution in [3.8, 4) is 0 Å². The number of nitrogens with two attached hydrogens (primary N) is 1. The normalized spacial score (nSPS) is 17.1. The molecule has 20 heavy (non-hydrogen) atoms. The number of anilines is 1. The maximum Gasteiger partial charge on any atom is 0.312 e. The highest BCUT2D eigenvalue weighted by Gasteiger charge is 2.41. The Balaban J connectivity index is 0.00000200. The van der Waals surface area contributed by atoms with Crippen LogP contribution in [0.4, 0.5) is 5.69 Å². The minimum absolute atomic E-state index is 0. The van der Waals surface area contributed by atoms with Gasteiger partial charge in [0.05, 0.1) is 12.0 Å². The monoisotopic (exact) mass is 298 g/mol. The molecule has 0 atom stereocenters. The van der Waals surface area contributed by atoms with Crippen molar-refractivity contribution in [1.82, 2.24) is 5.32 Å². The number of rotatable bonds is 4. The second kappa shape index (κ2) is 7.50. The van der Waals surface area contributed by atoms with Crippen LogP contribution in [0.25, 0.3) is 0 Å². The molecule has 0 saturated carbocycles. The first-order chi connectivity index (χ1) is 9.18. The molecule has 0 unspecified atom stereocenters. The van der Waals surface area contributed by atoms with Crippen molar-refractivity contribution in [1.29, 1.82) is 0 Å². The van der Waals surface area contributed by atoms with Gasteiger partial charge in [0.25, 0.3) is 0 Å². The van der Waals surface area contributed by atoms with E-state index in [2.05, 4.69) is 5.32 Å². The van der Waals surface area contributed by atoms with Gasteiger partial charge in [0.15, 0.2) is 0 Å². The average molecular weight is 299 g/mol. The summed E-state index contributed by atoms with van der Waals surface area (Å²) < 4.78 is 5.29. The zero-order valence-corrected chi connectivity index (χ0v) is 12.7. The van der Waals surface area contributed by atoms with Gasteiger partial charge >= 0.3 is 5.97 Å². The molecular weight excluding hydrogens is 276 g/mol. The maximum atomic E-state index is 12.3. The molecular formula is C15H23ClN2O2. The number of ether oxygens (including phenoxy) is 1. The number of benzene rings is 1. The minimum atomic E-state index is -0.420. The Bertz CT molecular complexity index is 445. The summed E-state index contributed by atoms with van der Waals surface area (Å²) in [6.45, 7) is 3.99. The molecule has 0 aliphatic carbocycles. The Hall–Kier alpha value is -1.26. The van der Waals surface area contributed by atoms with Crippen molar-refractivity contribution >= 4 is 24.1 Å². The topological polar surface area (TPSA) is 64.3 Å². The van der Waals surface area contributed by atoms with E-state index >= 15 is 0 Å². The third-order valence-corrected chi connectivity index (χ3v) is 3.85. The third kappa shape index (κ3) is 3.64. The fraction of sp³-hybridized carbons (Fsp3) is 0.533. The Morgan fingerprint density at radius 1 is 1.35 bits per heavy atom. The van der Waals surface area contributed by atoms with Crippen LogP contribution in [0, 0.1) is 5.41 Å². The molecule has 1 heterocycles. The summed E-state index contributed by atoms with van der Waals surface area (Å²) in [6.07, 6.45) is 2.28. The fourth-order valence-electron chi connectivity index (χ4n) is 2.70. The lowest BCUT2D eigenvalue weighted by molar-refractivity contribution is -0.157. The first-order valence-electron chi connectivity index (χ1n) is 6.89. The molecule has 4 nitrogen and oxygen atoms in total. The lowest BCUT2D eigenvalue weighted by Gasteiger charge is -2.35. The van der Waals surface area contributed by atoms with E-state index in [-0.39, 0.29) is 18.4 Å². The van der Waals surface area contributed by atoms with Crippen LogP contribution < -0.4 is 11.1 Å². The zero-order chi connectivity index (χ0) is 13.7. The van der Waals surface area contributed by atoms with Crippen LogP contribution in [0.1, 0.15) is 25.3 Å². The second-order valence-electron chi connectivity index (χ2n) is 5.13. The maximum absolute atomic E-state index is 12.3. The van der Waals surface area contributed by atoms with Gasteiger partial charge in [-0.05, 0) is 50.9 Å². The van der Waals surface area contributed by atoms with Crippen molar-refractivity contribution in [2.45, 2.75) is 26.2 Å². The lowest BCUT2D eigenvalue weighted by Crippen LogP contribution is -2.44. The summed E-state index contributed by atoms with van der Waals surface area (Å²) in [6, 6.07) is 7.76. The molecule has 1 aliphatic heterocycles. The van der Waals surface area contributed by atoms with Crippen LogP contribution >= 0.6 is 12.4 Å². The molecule has 0 bridgehead atoms. The molecule has 0 amide bonds. The number of nitrogen functional groups attached to an aromatic ring is 1. The van der Waals surface area contributed by atoms with E-state index in [4.69, 9.17) is 10.5 Å². The van der Waals surface area contributed by atoms with Crippen molar-refractivity contribution in [2.24, 2.45) is 5.41 Å². The highest BCUT2D eigenvalue weighted by Crippen LogP contribution is 2.35. The molecule has 1 aliphatic rings. The zero-order valence-electron chi connectivity index (χ0n) is 11.9.